The molecule has 0 aliphatic heterocycles. The Morgan fingerprint density at radius 3 is 2.84 bits per heavy atom. The first-order valence-corrected chi connectivity index (χ1v) is 9.86. The van der Waals surface area contributed by atoms with Crippen LogP contribution in [0.4, 0.5) is 0 Å². The summed E-state index contributed by atoms with van der Waals surface area (Å²) in [5, 5.41) is 2.73. The third-order valence-electron chi connectivity index (χ3n) is 7.24. The summed E-state index contributed by atoms with van der Waals surface area (Å²) in [5.74, 6) is 1.66. The Hall–Kier alpha value is -1.89. The molecule has 1 heteroatoms. The van der Waals surface area contributed by atoms with E-state index in [-0.39, 0.29) is 5.41 Å². The van der Waals surface area contributed by atoms with E-state index in [1.807, 2.05) is 0 Å². The molecule has 0 N–H and O–H groups in total. The van der Waals surface area contributed by atoms with Crippen molar-refractivity contribution in [3.05, 3.63) is 58.7 Å². The highest BCUT2D eigenvalue weighted by Crippen LogP contribution is 2.58. The van der Waals surface area contributed by atoms with Crippen LogP contribution in [0.15, 0.2) is 42.0 Å². The lowest BCUT2D eigenvalue weighted by Gasteiger charge is -2.41. The van der Waals surface area contributed by atoms with Crippen molar-refractivity contribution in [1.29, 1.82) is 0 Å². The molecular formula is C24H26O. The zero-order valence-electron chi connectivity index (χ0n) is 15.3. The molecule has 5 rings (SSSR count). The van der Waals surface area contributed by atoms with Crippen LogP contribution in [-0.4, -0.2) is 5.78 Å². The maximum atomic E-state index is 12.7. The highest BCUT2D eigenvalue weighted by molar-refractivity contribution is 5.92. The van der Waals surface area contributed by atoms with Gasteiger partial charge in [0, 0.05) is 18.3 Å². The third kappa shape index (κ3) is 2.11. The molecule has 1 spiro atoms. The lowest BCUT2D eigenvalue weighted by atomic mass is 9.62. The van der Waals surface area contributed by atoms with E-state index in [0.29, 0.717) is 24.0 Å². The van der Waals surface area contributed by atoms with Gasteiger partial charge in [0.05, 0.1) is 0 Å². The molecule has 2 bridgehead atoms. The minimum absolute atomic E-state index is 0.106. The van der Waals surface area contributed by atoms with Gasteiger partial charge >= 0.3 is 0 Å². The van der Waals surface area contributed by atoms with E-state index >= 15 is 0 Å². The predicted octanol–water partition coefficient (Wildman–Crippen LogP) is 5.85. The van der Waals surface area contributed by atoms with Crippen LogP contribution in [0.25, 0.3) is 10.8 Å². The topological polar surface area (TPSA) is 17.1 Å². The number of carbonyl (C=O) groups is 1. The van der Waals surface area contributed by atoms with E-state index in [4.69, 9.17) is 0 Å². The van der Waals surface area contributed by atoms with Crippen LogP contribution >= 0.6 is 0 Å². The fourth-order valence-corrected chi connectivity index (χ4v) is 5.80. The summed E-state index contributed by atoms with van der Waals surface area (Å²) >= 11 is 0. The first-order chi connectivity index (χ1) is 12.1. The Balaban J connectivity index is 1.74. The van der Waals surface area contributed by atoms with Gasteiger partial charge in [0.2, 0.25) is 0 Å². The van der Waals surface area contributed by atoms with Crippen LogP contribution in [0.5, 0.6) is 0 Å². The van der Waals surface area contributed by atoms with Crippen LogP contribution in [0.1, 0.15) is 68.6 Å². The van der Waals surface area contributed by atoms with Gasteiger partial charge in [-0.3, -0.25) is 4.79 Å². The summed E-state index contributed by atoms with van der Waals surface area (Å²) in [7, 11) is 0. The molecule has 3 aliphatic rings. The van der Waals surface area contributed by atoms with Crippen molar-refractivity contribution in [2.24, 2.45) is 5.92 Å². The zero-order valence-corrected chi connectivity index (χ0v) is 15.3. The maximum Gasteiger partial charge on any atom is 0.138 e. The van der Waals surface area contributed by atoms with E-state index < -0.39 is 0 Å². The largest absolute Gasteiger partial charge is 0.299 e. The van der Waals surface area contributed by atoms with Crippen LogP contribution in [0.3, 0.4) is 0 Å². The van der Waals surface area contributed by atoms with Crippen molar-refractivity contribution >= 4 is 16.6 Å². The lowest BCUT2D eigenvalue weighted by Crippen LogP contribution is -2.39. The number of ketones is 1. The molecule has 3 unspecified atom stereocenters. The monoisotopic (exact) mass is 330 g/mol. The minimum atomic E-state index is 0.106. The summed E-state index contributed by atoms with van der Waals surface area (Å²) in [6.45, 7) is 4.56. The zero-order chi connectivity index (χ0) is 17.2. The predicted molar refractivity (Wildman–Crippen MR) is 103 cm³/mol. The van der Waals surface area contributed by atoms with E-state index in [0.717, 1.165) is 19.3 Å². The molecule has 1 fully saturated rings. The van der Waals surface area contributed by atoms with E-state index in [9.17, 15) is 4.79 Å². The molecule has 0 heterocycles. The molecule has 0 radical (unpaired) electrons. The van der Waals surface area contributed by atoms with Crippen molar-refractivity contribution in [3.8, 4) is 0 Å². The van der Waals surface area contributed by atoms with Gasteiger partial charge in [-0.25, -0.2) is 0 Å². The first-order valence-electron chi connectivity index (χ1n) is 9.86. The van der Waals surface area contributed by atoms with Crippen molar-refractivity contribution in [2.75, 3.05) is 0 Å². The molecule has 1 nitrogen and oxygen atoms in total. The second-order valence-electron chi connectivity index (χ2n) is 8.61. The second kappa shape index (κ2) is 5.30. The molecule has 1 saturated carbocycles. The van der Waals surface area contributed by atoms with Crippen LogP contribution in [0.2, 0.25) is 0 Å². The summed E-state index contributed by atoms with van der Waals surface area (Å²) in [6, 6.07) is 11.6. The Morgan fingerprint density at radius 1 is 1.24 bits per heavy atom. The van der Waals surface area contributed by atoms with Gasteiger partial charge in [-0.05, 0) is 65.0 Å². The van der Waals surface area contributed by atoms with Gasteiger partial charge in [0.15, 0.2) is 0 Å². The number of Topliss-reactive ketones (excluding diaryl/α,β-unsaturated/α-hetero) is 1. The molecule has 0 amide bonds. The number of fused-ring (bicyclic) bond motifs is 6. The number of hydrogen-bond donors (Lipinski definition) is 0. The SMILES string of the molecule is CCC(C)c1cccc2cc3c(cc12)CC(=O)CC31CC2=CCC1C2. The van der Waals surface area contributed by atoms with E-state index in [2.05, 4.69) is 50.3 Å². The van der Waals surface area contributed by atoms with Gasteiger partial charge in [0.1, 0.15) is 5.78 Å². The van der Waals surface area contributed by atoms with Crippen LogP contribution < -0.4 is 0 Å². The lowest BCUT2D eigenvalue weighted by molar-refractivity contribution is -0.120. The second-order valence-corrected chi connectivity index (χ2v) is 8.61. The molecule has 0 saturated heterocycles. The summed E-state index contributed by atoms with van der Waals surface area (Å²) in [6.07, 6.45) is 8.48. The molecule has 3 atom stereocenters. The quantitative estimate of drug-likeness (QED) is 0.632. The smallest absolute Gasteiger partial charge is 0.138 e. The van der Waals surface area contributed by atoms with Gasteiger partial charge in [0.25, 0.3) is 0 Å². The summed E-state index contributed by atoms with van der Waals surface area (Å²) in [5.41, 5.74) is 5.95. The molecule has 2 aromatic rings. The Morgan fingerprint density at radius 2 is 2.12 bits per heavy atom. The highest BCUT2D eigenvalue weighted by atomic mass is 16.1. The molecule has 0 aromatic heterocycles. The molecule has 2 aromatic carbocycles. The van der Waals surface area contributed by atoms with Gasteiger partial charge in [-0.2, -0.15) is 0 Å². The number of benzene rings is 2. The average molecular weight is 330 g/mol. The highest BCUT2D eigenvalue weighted by Gasteiger charge is 2.51. The van der Waals surface area contributed by atoms with E-state index in [1.54, 1.807) is 5.57 Å². The van der Waals surface area contributed by atoms with Crippen LogP contribution in [0, 0.1) is 5.92 Å². The molecule has 25 heavy (non-hydrogen) atoms. The number of rotatable bonds is 2. The van der Waals surface area contributed by atoms with Crippen molar-refractivity contribution < 1.29 is 4.79 Å². The Kier molecular flexibility index (Phi) is 3.26. The van der Waals surface area contributed by atoms with Crippen molar-refractivity contribution in [1.82, 2.24) is 0 Å². The molecule has 128 valence electrons. The van der Waals surface area contributed by atoms with Gasteiger partial charge < -0.3 is 0 Å². The van der Waals surface area contributed by atoms with Gasteiger partial charge in [-0.15, -0.1) is 0 Å². The Labute approximate surface area is 150 Å². The average Bonchev–Trinajstić information content (AvgIpc) is 3.20. The number of carbonyl (C=O) groups excluding carboxylic acids is 1. The summed E-state index contributed by atoms with van der Waals surface area (Å²) < 4.78 is 0. The minimum Gasteiger partial charge on any atom is -0.299 e. The van der Waals surface area contributed by atoms with E-state index in [1.165, 1.54) is 40.3 Å². The van der Waals surface area contributed by atoms with Crippen molar-refractivity contribution in [2.45, 2.75) is 63.7 Å². The maximum absolute atomic E-state index is 12.7. The third-order valence-corrected chi connectivity index (χ3v) is 7.24. The first kappa shape index (κ1) is 15.4. The number of allylic oxidation sites excluding steroid dienone is 2. The number of hydrogen-bond acceptors (Lipinski definition) is 1. The fraction of sp³-hybridized carbons (Fsp3) is 0.458. The molecule has 3 aliphatic carbocycles. The fourth-order valence-electron chi connectivity index (χ4n) is 5.80. The van der Waals surface area contributed by atoms with Crippen molar-refractivity contribution in [3.63, 3.8) is 0 Å². The standard InChI is InChI=1S/C24H26O/c1-3-15(2)21-6-4-5-17-12-23-18(11-22(17)21)10-20(25)14-24(23)13-16-7-8-19(24)9-16/h4-7,11-12,15,19H,3,8-10,13-14H2,1-2H3. The Bertz CT molecular complexity index is 919. The normalized spacial score (nSPS) is 28.5. The summed E-state index contributed by atoms with van der Waals surface area (Å²) in [4.78, 5) is 12.7. The molecular weight excluding hydrogens is 304 g/mol. The van der Waals surface area contributed by atoms with Crippen LogP contribution in [-0.2, 0) is 16.6 Å². The van der Waals surface area contributed by atoms with Gasteiger partial charge in [-0.1, -0.05) is 55.8 Å².